The van der Waals surface area contributed by atoms with E-state index in [9.17, 15) is 8.42 Å². The van der Waals surface area contributed by atoms with E-state index in [4.69, 9.17) is 0 Å². The van der Waals surface area contributed by atoms with Gasteiger partial charge in [0, 0.05) is 20.6 Å². The van der Waals surface area contributed by atoms with Crippen LogP contribution >= 0.6 is 0 Å². The predicted molar refractivity (Wildman–Crippen MR) is 64.6 cm³/mol. The molecule has 2 heterocycles. The van der Waals surface area contributed by atoms with E-state index in [1.165, 1.54) is 4.31 Å². The number of H-pyrrole nitrogens is 1. The highest BCUT2D eigenvalue weighted by Gasteiger charge is 2.37. The zero-order valence-electron chi connectivity index (χ0n) is 10.3. The summed E-state index contributed by atoms with van der Waals surface area (Å²) in [4.78, 5) is 0. The van der Waals surface area contributed by atoms with Crippen LogP contribution < -0.4 is 0 Å². The Balaban J connectivity index is 2.34. The third-order valence-corrected chi connectivity index (χ3v) is 5.12. The number of aromatic nitrogens is 2. The summed E-state index contributed by atoms with van der Waals surface area (Å²) < 4.78 is 27.1. The second-order valence-corrected chi connectivity index (χ2v) is 6.62. The lowest BCUT2D eigenvalue weighted by Gasteiger charge is -2.26. The fourth-order valence-electron chi connectivity index (χ4n) is 2.21. The zero-order valence-corrected chi connectivity index (χ0v) is 11.2. The molecule has 0 amide bonds. The summed E-state index contributed by atoms with van der Waals surface area (Å²) >= 11 is 0. The van der Waals surface area contributed by atoms with Crippen LogP contribution in [0, 0.1) is 6.92 Å². The van der Waals surface area contributed by atoms with Crippen LogP contribution in [0.2, 0.25) is 0 Å². The molecule has 1 atom stereocenters. The maximum Gasteiger partial charge on any atom is 0.282 e. The first-order valence-corrected chi connectivity index (χ1v) is 7.03. The summed E-state index contributed by atoms with van der Waals surface area (Å²) in [5.74, 6) is 0. The van der Waals surface area contributed by atoms with Crippen LogP contribution in [-0.4, -0.2) is 47.9 Å². The average Bonchev–Trinajstić information content (AvgIpc) is 2.84. The van der Waals surface area contributed by atoms with E-state index in [1.807, 2.05) is 6.92 Å². The molecule has 7 heteroatoms. The highest BCUT2D eigenvalue weighted by atomic mass is 32.2. The van der Waals surface area contributed by atoms with E-state index in [0.717, 1.165) is 24.1 Å². The quantitative estimate of drug-likeness (QED) is 0.866. The Morgan fingerprint density at radius 2 is 2.24 bits per heavy atom. The third kappa shape index (κ3) is 2.10. The molecule has 0 spiro atoms. The highest BCUT2D eigenvalue weighted by Crippen LogP contribution is 2.34. The summed E-state index contributed by atoms with van der Waals surface area (Å²) in [6.45, 7) is 2.52. The van der Waals surface area contributed by atoms with Crippen molar-refractivity contribution in [3.05, 3.63) is 17.5 Å². The van der Waals surface area contributed by atoms with Crippen molar-refractivity contribution in [1.82, 2.24) is 18.8 Å². The van der Waals surface area contributed by atoms with Gasteiger partial charge in [0.25, 0.3) is 10.2 Å². The fraction of sp³-hybridized carbons (Fsp3) is 0.700. The Labute approximate surface area is 102 Å². The van der Waals surface area contributed by atoms with E-state index in [0.29, 0.717) is 6.54 Å². The number of hydrogen-bond acceptors (Lipinski definition) is 3. The molecule has 0 aromatic carbocycles. The lowest BCUT2D eigenvalue weighted by molar-refractivity contribution is 0.357. The average molecular weight is 258 g/mol. The molecule has 17 heavy (non-hydrogen) atoms. The topological polar surface area (TPSA) is 69.3 Å². The smallest absolute Gasteiger partial charge is 0.281 e. The number of aromatic amines is 1. The number of nitrogens with zero attached hydrogens (tertiary/aromatic N) is 3. The molecule has 0 aliphatic carbocycles. The van der Waals surface area contributed by atoms with E-state index < -0.39 is 10.2 Å². The number of hydrogen-bond donors (Lipinski definition) is 1. The van der Waals surface area contributed by atoms with Gasteiger partial charge in [0.2, 0.25) is 0 Å². The van der Waals surface area contributed by atoms with Gasteiger partial charge in [-0.2, -0.15) is 22.1 Å². The van der Waals surface area contributed by atoms with Crippen molar-refractivity contribution < 1.29 is 8.42 Å². The zero-order chi connectivity index (χ0) is 12.6. The molecule has 1 N–H and O–H groups in total. The van der Waals surface area contributed by atoms with E-state index in [-0.39, 0.29) is 6.04 Å². The first kappa shape index (κ1) is 12.5. The first-order chi connectivity index (χ1) is 7.94. The van der Waals surface area contributed by atoms with Gasteiger partial charge in [-0.15, -0.1) is 0 Å². The lowest BCUT2D eigenvalue weighted by Crippen LogP contribution is -2.39. The fourth-order valence-corrected chi connectivity index (χ4v) is 3.52. The van der Waals surface area contributed by atoms with Crippen LogP contribution in [0.25, 0.3) is 0 Å². The predicted octanol–water partition coefficient (Wildman–Crippen LogP) is 0.661. The molecule has 96 valence electrons. The van der Waals surface area contributed by atoms with Crippen molar-refractivity contribution in [2.75, 3.05) is 20.6 Å². The van der Waals surface area contributed by atoms with Crippen molar-refractivity contribution in [1.29, 1.82) is 0 Å². The van der Waals surface area contributed by atoms with Gasteiger partial charge in [-0.05, 0) is 25.3 Å². The monoisotopic (exact) mass is 258 g/mol. The van der Waals surface area contributed by atoms with Crippen molar-refractivity contribution in [3.63, 3.8) is 0 Å². The summed E-state index contributed by atoms with van der Waals surface area (Å²) in [7, 11) is -0.230. The van der Waals surface area contributed by atoms with E-state index in [2.05, 4.69) is 10.2 Å². The van der Waals surface area contributed by atoms with Crippen molar-refractivity contribution >= 4 is 10.2 Å². The van der Waals surface area contributed by atoms with Gasteiger partial charge in [-0.25, -0.2) is 0 Å². The Kier molecular flexibility index (Phi) is 3.24. The minimum absolute atomic E-state index is 0.107. The lowest BCUT2D eigenvalue weighted by atomic mass is 10.1. The van der Waals surface area contributed by atoms with Crippen LogP contribution in [0.1, 0.15) is 30.1 Å². The molecule has 1 aliphatic heterocycles. The molecule has 1 saturated heterocycles. The molecule has 0 radical (unpaired) electrons. The molecule has 1 aromatic rings. The summed E-state index contributed by atoms with van der Waals surface area (Å²) in [5, 5.41) is 6.88. The maximum absolute atomic E-state index is 12.2. The molecule has 1 aromatic heterocycles. The largest absolute Gasteiger partial charge is 0.282 e. The molecule has 2 rings (SSSR count). The van der Waals surface area contributed by atoms with Crippen molar-refractivity contribution in [2.24, 2.45) is 0 Å². The van der Waals surface area contributed by atoms with Crippen LogP contribution in [0.15, 0.2) is 6.20 Å². The van der Waals surface area contributed by atoms with Crippen molar-refractivity contribution in [2.45, 2.75) is 25.8 Å². The highest BCUT2D eigenvalue weighted by molar-refractivity contribution is 7.86. The molecule has 6 nitrogen and oxygen atoms in total. The van der Waals surface area contributed by atoms with E-state index >= 15 is 0 Å². The Morgan fingerprint density at radius 1 is 1.53 bits per heavy atom. The van der Waals surface area contributed by atoms with Crippen molar-refractivity contribution in [3.8, 4) is 0 Å². The molecular formula is C10H18N4O2S. The second-order valence-electron chi connectivity index (χ2n) is 4.53. The normalized spacial score (nSPS) is 22.5. The van der Waals surface area contributed by atoms with Gasteiger partial charge in [0.15, 0.2) is 0 Å². The molecule has 1 unspecified atom stereocenters. The maximum atomic E-state index is 12.2. The second kappa shape index (κ2) is 4.40. The molecular weight excluding hydrogens is 240 g/mol. The minimum atomic E-state index is -3.35. The number of aryl methyl sites for hydroxylation is 1. The summed E-state index contributed by atoms with van der Waals surface area (Å²) in [6, 6.07) is -0.107. The summed E-state index contributed by atoms with van der Waals surface area (Å²) in [5.41, 5.74) is 1.92. The van der Waals surface area contributed by atoms with Crippen LogP contribution in [0.4, 0.5) is 0 Å². The Bertz CT molecular complexity index is 494. The summed E-state index contributed by atoms with van der Waals surface area (Å²) in [6.07, 6.45) is 3.46. The van der Waals surface area contributed by atoms with Gasteiger partial charge in [0.05, 0.1) is 17.9 Å². The molecule has 0 bridgehead atoms. The van der Waals surface area contributed by atoms with Gasteiger partial charge in [0.1, 0.15) is 0 Å². The van der Waals surface area contributed by atoms with E-state index in [1.54, 1.807) is 24.6 Å². The van der Waals surface area contributed by atoms with Crippen LogP contribution in [0.5, 0.6) is 0 Å². The Morgan fingerprint density at radius 3 is 2.76 bits per heavy atom. The molecule has 0 saturated carbocycles. The number of rotatable bonds is 3. The standard InChI is InChI=1S/C10H18N4O2S/c1-8-7-11-12-10(8)9-5-4-6-14(9)17(15,16)13(2)3/h7,9H,4-6H2,1-3H3,(H,11,12). The number of nitrogens with one attached hydrogen (secondary N) is 1. The van der Waals surface area contributed by atoms with Crippen LogP contribution in [0.3, 0.4) is 0 Å². The van der Waals surface area contributed by atoms with Gasteiger partial charge < -0.3 is 0 Å². The first-order valence-electron chi connectivity index (χ1n) is 5.63. The third-order valence-electron chi connectivity index (χ3n) is 3.16. The Hall–Kier alpha value is -0.920. The molecule has 1 aliphatic rings. The van der Waals surface area contributed by atoms with Gasteiger partial charge in [-0.3, -0.25) is 5.10 Å². The van der Waals surface area contributed by atoms with Crippen LogP contribution in [-0.2, 0) is 10.2 Å². The van der Waals surface area contributed by atoms with Gasteiger partial charge in [-0.1, -0.05) is 0 Å². The van der Waals surface area contributed by atoms with Gasteiger partial charge >= 0.3 is 0 Å². The minimum Gasteiger partial charge on any atom is -0.281 e. The molecule has 1 fully saturated rings. The SMILES string of the molecule is Cc1cn[nH]c1C1CCCN1S(=O)(=O)N(C)C.